The van der Waals surface area contributed by atoms with Gasteiger partial charge in [0.25, 0.3) is 0 Å². The molecule has 0 aromatic carbocycles. The maximum absolute atomic E-state index is 11.2. The summed E-state index contributed by atoms with van der Waals surface area (Å²) in [6.07, 6.45) is 2.96. The van der Waals surface area contributed by atoms with Crippen LogP contribution in [0.3, 0.4) is 0 Å². The van der Waals surface area contributed by atoms with Gasteiger partial charge in [0.15, 0.2) is 0 Å². The Hall–Kier alpha value is -0.0775. The monoisotopic (exact) mass is 251 g/mol. The molecule has 1 atom stereocenters. The molecule has 0 spiro atoms. The number of nitrogens with one attached hydrogen (secondary N) is 1. The van der Waals surface area contributed by atoms with E-state index in [2.05, 4.69) is 33.8 Å². The van der Waals surface area contributed by atoms with E-state index in [4.69, 9.17) is 0 Å². The Labute approximate surface area is 96.9 Å². The molecule has 78 valence electrons. The van der Waals surface area contributed by atoms with Crippen LogP contribution in [0, 0.1) is 5.92 Å². The first-order chi connectivity index (χ1) is 6.65. The van der Waals surface area contributed by atoms with Crippen molar-refractivity contribution in [2.75, 3.05) is 6.54 Å². The minimum absolute atomic E-state index is 0.0479. The molecule has 0 aromatic rings. The predicted molar refractivity (Wildman–Crippen MR) is 54.9 cm³/mol. The zero-order chi connectivity index (χ0) is 10.6. The van der Waals surface area contributed by atoms with Crippen LogP contribution < -0.4 is 5.32 Å². The molecule has 0 heterocycles. The summed E-state index contributed by atoms with van der Waals surface area (Å²) < 4.78 is 0.677. The molecule has 1 aliphatic carbocycles. The van der Waals surface area contributed by atoms with Crippen molar-refractivity contribution in [3.63, 3.8) is 0 Å². The second kappa shape index (κ2) is 5.72. The van der Waals surface area contributed by atoms with Crippen LogP contribution in [0.1, 0.15) is 12.8 Å². The molecule has 1 rings (SSSR count). The third kappa shape index (κ3) is 3.97. The van der Waals surface area contributed by atoms with E-state index < -0.39 is 6.10 Å². The van der Waals surface area contributed by atoms with Crippen molar-refractivity contribution in [1.29, 1.82) is 0 Å². The summed E-state index contributed by atoms with van der Waals surface area (Å²) in [7, 11) is 0. The van der Waals surface area contributed by atoms with Crippen LogP contribution in [-0.2, 0) is 20.6 Å². The fourth-order valence-corrected chi connectivity index (χ4v) is 1.53. The van der Waals surface area contributed by atoms with Gasteiger partial charge < -0.3 is 0 Å². The summed E-state index contributed by atoms with van der Waals surface area (Å²) in [6.45, 7) is 0.260. The SMILES string of the molecule is O=C(NCC(O)[C](=[Cr])/C=C\S)C1CC1. The molecule has 3 nitrogen and oxygen atoms in total. The molecule has 0 bridgehead atoms. The molecule has 5 heteroatoms. The normalized spacial score (nSPS) is 18.1. The topological polar surface area (TPSA) is 49.3 Å². The van der Waals surface area contributed by atoms with Crippen molar-refractivity contribution in [1.82, 2.24) is 5.32 Å². The molecular weight excluding hydrogens is 238 g/mol. The number of hydrogen-bond acceptors (Lipinski definition) is 3. The van der Waals surface area contributed by atoms with Gasteiger partial charge in [-0.15, -0.1) is 0 Å². The molecule has 0 aliphatic heterocycles. The number of carbonyl (C=O) groups excluding carboxylic acids is 1. The molecule has 1 unspecified atom stereocenters. The molecular formula is C9H13CrNO2S. The molecule has 1 aliphatic rings. The van der Waals surface area contributed by atoms with Crippen molar-refractivity contribution in [3.8, 4) is 0 Å². The number of aliphatic hydroxyl groups is 1. The third-order valence-corrected chi connectivity index (χ3v) is 2.77. The van der Waals surface area contributed by atoms with Gasteiger partial charge in [-0.2, -0.15) is 0 Å². The molecule has 0 aromatic heterocycles. The number of rotatable bonds is 5. The molecule has 0 saturated heterocycles. The van der Waals surface area contributed by atoms with Crippen LogP contribution in [0.5, 0.6) is 0 Å². The van der Waals surface area contributed by atoms with E-state index in [0.717, 1.165) is 12.8 Å². The van der Waals surface area contributed by atoms with Crippen LogP contribution >= 0.6 is 12.6 Å². The van der Waals surface area contributed by atoms with E-state index in [0.29, 0.717) is 4.38 Å². The number of amides is 1. The van der Waals surface area contributed by atoms with Gasteiger partial charge >= 0.3 is 96.9 Å². The molecule has 1 saturated carbocycles. The van der Waals surface area contributed by atoms with Crippen LogP contribution in [0.15, 0.2) is 11.5 Å². The molecule has 0 radical (unpaired) electrons. The van der Waals surface area contributed by atoms with Gasteiger partial charge in [-0.1, -0.05) is 0 Å². The van der Waals surface area contributed by atoms with Crippen molar-refractivity contribution >= 4 is 22.9 Å². The Balaban J connectivity index is 2.22. The summed E-state index contributed by atoms with van der Waals surface area (Å²) in [5.74, 6) is 0.235. The minimum atomic E-state index is -0.666. The van der Waals surface area contributed by atoms with Gasteiger partial charge in [0.05, 0.1) is 0 Å². The Morgan fingerprint density at radius 2 is 2.36 bits per heavy atom. The van der Waals surface area contributed by atoms with E-state index in [-0.39, 0.29) is 18.4 Å². The predicted octanol–water partition coefficient (Wildman–Crippen LogP) is 0.0362. The van der Waals surface area contributed by atoms with Crippen molar-refractivity contribution in [3.05, 3.63) is 11.5 Å². The van der Waals surface area contributed by atoms with Crippen LogP contribution in [0.25, 0.3) is 0 Å². The number of hydrogen-bond donors (Lipinski definition) is 3. The first-order valence-corrected chi connectivity index (χ1v) is 5.61. The van der Waals surface area contributed by atoms with E-state index in [9.17, 15) is 9.90 Å². The van der Waals surface area contributed by atoms with Crippen molar-refractivity contribution in [2.45, 2.75) is 18.9 Å². The summed E-state index contributed by atoms with van der Waals surface area (Å²) >= 11 is 6.61. The summed E-state index contributed by atoms with van der Waals surface area (Å²) in [4.78, 5) is 11.2. The summed E-state index contributed by atoms with van der Waals surface area (Å²) in [6, 6.07) is 0. The summed E-state index contributed by atoms with van der Waals surface area (Å²) in [5, 5.41) is 13.8. The van der Waals surface area contributed by atoms with Crippen LogP contribution in [-0.4, -0.2) is 28.0 Å². The Morgan fingerprint density at radius 3 is 2.86 bits per heavy atom. The fraction of sp³-hybridized carbons (Fsp3) is 0.556. The second-order valence-corrected chi connectivity index (χ2v) is 4.29. The average molecular weight is 251 g/mol. The van der Waals surface area contributed by atoms with Gasteiger partial charge in [0, 0.05) is 0 Å². The van der Waals surface area contributed by atoms with E-state index in [1.54, 1.807) is 6.08 Å². The average Bonchev–Trinajstić information content (AvgIpc) is 2.97. The van der Waals surface area contributed by atoms with E-state index in [1.165, 1.54) is 5.41 Å². The Bertz CT molecular complexity index is 264. The zero-order valence-corrected chi connectivity index (χ0v) is 9.81. The number of thiol groups is 1. The molecule has 1 fully saturated rings. The Kier molecular flexibility index (Phi) is 4.90. The fourth-order valence-electron chi connectivity index (χ4n) is 0.972. The molecule has 1 amide bonds. The third-order valence-electron chi connectivity index (χ3n) is 1.99. The number of carbonyl (C=O) groups is 1. The number of aliphatic hydroxyl groups excluding tert-OH is 1. The van der Waals surface area contributed by atoms with E-state index in [1.807, 2.05) is 0 Å². The van der Waals surface area contributed by atoms with Crippen molar-refractivity contribution in [2.24, 2.45) is 5.92 Å². The van der Waals surface area contributed by atoms with E-state index >= 15 is 0 Å². The molecule has 14 heavy (non-hydrogen) atoms. The molecule has 2 N–H and O–H groups in total. The van der Waals surface area contributed by atoms with Gasteiger partial charge in [-0.05, 0) is 0 Å². The van der Waals surface area contributed by atoms with Crippen LogP contribution in [0.4, 0.5) is 0 Å². The van der Waals surface area contributed by atoms with Crippen LogP contribution in [0.2, 0.25) is 0 Å². The standard InChI is InChI=1S/C9H13NO2S.Cr/c11-8(2-1-5-13)6-10-9(12)7-3-4-7;/h1,5,7-8,11,13H,3-4,6H2,(H,10,12);/b5-1-;. The Morgan fingerprint density at radius 1 is 1.71 bits per heavy atom. The first kappa shape index (κ1) is 12.0. The zero-order valence-electron chi connectivity index (χ0n) is 7.64. The van der Waals surface area contributed by atoms with Gasteiger partial charge in [0.1, 0.15) is 0 Å². The van der Waals surface area contributed by atoms with Gasteiger partial charge in [-0.25, -0.2) is 0 Å². The van der Waals surface area contributed by atoms with Gasteiger partial charge in [-0.3, -0.25) is 0 Å². The van der Waals surface area contributed by atoms with Crippen molar-refractivity contribution < 1.29 is 25.8 Å². The first-order valence-electron chi connectivity index (χ1n) is 4.45. The second-order valence-electron chi connectivity index (χ2n) is 3.25. The quantitative estimate of drug-likeness (QED) is 0.604. The summed E-state index contributed by atoms with van der Waals surface area (Å²) in [5.41, 5.74) is 0. The van der Waals surface area contributed by atoms with Gasteiger partial charge in [0.2, 0.25) is 0 Å². The maximum atomic E-state index is 11.2.